The molecule has 4 aromatic carbocycles. The summed E-state index contributed by atoms with van der Waals surface area (Å²) in [4.78, 5) is 7.70. The molecule has 0 radical (unpaired) electrons. The van der Waals surface area contributed by atoms with Crippen LogP contribution in [0, 0.1) is 0 Å². The van der Waals surface area contributed by atoms with Gasteiger partial charge in [0.05, 0.1) is 18.0 Å². The number of phenols is 1. The summed E-state index contributed by atoms with van der Waals surface area (Å²) >= 11 is 0. The third-order valence-corrected chi connectivity index (χ3v) is 7.23. The molecule has 5 nitrogen and oxygen atoms in total. The Kier molecular flexibility index (Phi) is 9.07. The highest BCUT2D eigenvalue weighted by Crippen LogP contribution is 2.32. The number of aliphatic hydroxyl groups excluding tert-OH is 1. The second-order valence-electron chi connectivity index (χ2n) is 10.2. The summed E-state index contributed by atoms with van der Waals surface area (Å²) in [5.41, 5.74) is 7.24. The number of aliphatic hydroxyl groups is 1. The number of hydrogen-bond acceptors (Lipinski definition) is 4. The van der Waals surface area contributed by atoms with Crippen molar-refractivity contribution >= 4 is 0 Å². The Morgan fingerprint density at radius 1 is 0.725 bits per heavy atom. The van der Waals surface area contributed by atoms with E-state index in [9.17, 15) is 10.2 Å². The van der Waals surface area contributed by atoms with E-state index in [2.05, 4.69) is 89.2 Å². The topological polar surface area (TPSA) is 61.5 Å². The number of unbranched alkanes of at least 4 members (excludes halogenated alkanes) is 1. The average molecular weight is 532 g/mol. The van der Waals surface area contributed by atoms with E-state index in [1.807, 2.05) is 30.3 Å². The Hall–Kier alpha value is -4.19. The first kappa shape index (κ1) is 27.4. The highest BCUT2D eigenvalue weighted by Gasteiger charge is 2.22. The van der Waals surface area contributed by atoms with Crippen molar-refractivity contribution in [2.24, 2.45) is 0 Å². The zero-order valence-electron chi connectivity index (χ0n) is 23.1. The summed E-state index contributed by atoms with van der Waals surface area (Å²) < 4.78 is 2.41. The van der Waals surface area contributed by atoms with Gasteiger partial charge in [0.25, 0.3) is 0 Å². The monoisotopic (exact) mass is 531 g/mol. The van der Waals surface area contributed by atoms with Gasteiger partial charge in [-0.05, 0) is 29.7 Å². The summed E-state index contributed by atoms with van der Waals surface area (Å²) in [6, 6.07) is 36.9. The van der Waals surface area contributed by atoms with Crippen molar-refractivity contribution in [1.82, 2.24) is 14.5 Å². The third-order valence-electron chi connectivity index (χ3n) is 7.23. The minimum atomic E-state index is -0.194. The molecule has 204 valence electrons. The first-order valence-electron chi connectivity index (χ1n) is 14.0. The number of rotatable bonds is 12. The molecular formula is C35H37N3O2. The van der Waals surface area contributed by atoms with Gasteiger partial charge in [0, 0.05) is 42.9 Å². The Balaban J connectivity index is 1.61. The predicted molar refractivity (Wildman–Crippen MR) is 161 cm³/mol. The van der Waals surface area contributed by atoms with E-state index in [0.29, 0.717) is 18.7 Å². The molecule has 40 heavy (non-hydrogen) atoms. The van der Waals surface area contributed by atoms with Crippen LogP contribution < -0.4 is 0 Å². The number of hydrogen-bond donors (Lipinski definition) is 2. The molecule has 0 unspecified atom stereocenters. The van der Waals surface area contributed by atoms with Gasteiger partial charge in [-0.3, -0.25) is 4.90 Å². The summed E-state index contributed by atoms with van der Waals surface area (Å²) in [5, 5.41) is 19.9. The maximum Gasteiger partial charge on any atom is 0.140 e. The van der Waals surface area contributed by atoms with E-state index in [0.717, 1.165) is 54.1 Å². The van der Waals surface area contributed by atoms with Gasteiger partial charge in [0.2, 0.25) is 0 Å². The SMILES string of the molecule is CCCCn1c(-c2ccccc2)nc(-c2ccccc2)c1CN(Cc1ccccc1)Cc1ccc(O)c(CO)c1. The maximum absolute atomic E-state index is 10.1. The molecule has 0 saturated carbocycles. The molecule has 0 aliphatic rings. The first-order chi connectivity index (χ1) is 19.7. The number of benzene rings is 4. The van der Waals surface area contributed by atoms with Gasteiger partial charge in [-0.2, -0.15) is 0 Å². The van der Waals surface area contributed by atoms with Crippen molar-refractivity contribution in [2.75, 3.05) is 0 Å². The molecule has 0 aliphatic heterocycles. The Bertz CT molecular complexity index is 1500. The van der Waals surface area contributed by atoms with Crippen molar-refractivity contribution in [3.8, 4) is 28.4 Å². The zero-order valence-corrected chi connectivity index (χ0v) is 23.1. The minimum absolute atomic E-state index is 0.123. The Labute approximate surface area is 237 Å². The van der Waals surface area contributed by atoms with Crippen LogP contribution in [-0.2, 0) is 32.8 Å². The van der Waals surface area contributed by atoms with Gasteiger partial charge < -0.3 is 14.8 Å². The maximum atomic E-state index is 10.1. The van der Waals surface area contributed by atoms with Crippen molar-refractivity contribution in [3.63, 3.8) is 0 Å². The lowest BCUT2D eigenvalue weighted by Crippen LogP contribution is -2.24. The number of nitrogens with zero attached hydrogens (tertiary/aromatic N) is 3. The minimum Gasteiger partial charge on any atom is -0.508 e. The van der Waals surface area contributed by atoms with Crippen LogP contribution in [0.15, 0.2) is 109 Å². The van der Waals surface area contributed by atoms with Crippen LogP contribution in [0.3, 0.4) is 0 Å². The highest BCUT2D eigenvalue weighted by molar-refractivity contribution is 5.68. The summed E-state index contributed by atoms with van der Waals surface area (Å²) in [6.45, 7) is 5.03. The second kappa shape index (κ2) is 13.2. The predicted octanol–water partition coefficient (Wildman–Crippen LogP) is 7.42. The lowest BCUT2D eigenvalue weighted by Gasteiger charge is -2.25. The number of aromatic nitrogens is 2. The standard InChI is InChI=1S/C35H37N3O2/c1-2-3-21-38-32(34(29-15-9-5-10-16-29)36-35(38)30-17-11-6-12-18-30)25-37(23-27-13-7-4-8-14-27)24-28-19-20-33(40)31(22-28)26-39/h4-20,22,39-40H,2-3,21,23-26H2,1H3. The van der Waals surface area contributed by atoms with Gasteiger partial charge in [0.15, 0.2) is 0 Å². The van der Waals surface area contributed by atoms with Gasteiger partial charge >= 0.3 is 0 Å². The number of aromatic hydroxyl groups is 1. The molecule has 1 aromatic heterocycles. The smallest absolute Gasteiger partial charge is 0.140 e. The Morgan fingerprint density at radius 2 is 1.35 bits per heavy atom. The molecule has 5 aromatic rings. The van der Waals surface area contributed by atoms with Crippen LogP contribution in [-0.4, -0.2) is 24.7 Å². The third kappa shape index (κ3) is 6.50. The van der Waals surface area contributed by atoms with Crippen molar-refractivity contribution in [1.29, 1.82) is 0 Å². The zero-order chi connectivity index (χ0) is 27.7. The quantitative estimate of drug-likeness (QED) is 0.176. The normalized spacial score (nSPS) is 11.3. The largest absolute Gasteiger partial charge is 0.508 e. The lowest BCUT2D eigenvalue weighted by atomic mass is 10.1. The summed E-state index contributed by atoms with van der Waals surface area (Å²) in [5.74, 6) is 1.12. The first-order valence-corrected chi connectivity index (χ1v) is 14.0. The van der Waals surface area contributed by atoms with E-state index in [4.69, 9.17) is 4.98 Å². The summed E-state index contributed by atoms with van der Waals surface area (Å²) in [6.07, 6.45) is 2.16. The lowest BCUT2D eigenvalue weighted by molar-refractivity contribution is 0.240. The van der Waals surface area contributed by atoms with Crippen molar-refractivity contribution < 1.29 is 10.2 Å². The molecule has 0 atom stereocenters. The molecule has 0 aliphatic carbocycles. The van der Waals surface area contributed by atoms with Crippen LogP contribution in [0.25, 0.3) is 22.6 Å². The van der Waals surface area contributed by atoms with E-state index in [-0.39, 0.29) is 12.4 Å². The molecule has 1 heterocycles. The van der Waals surface area contributed by atoms with E-state index < -0.39 is 0 Å². The average Bonchev–Trinajstić information content (AvgIpc) is 3.36. The van der Waals surface area contributed by atoms with Gasteiger partial charge in [-0.15, -0.1) is 0 Å². The molecule has 5 heteroatoms. The molecular weight excluding hydrogens is 494 g/mol. The van der Waals surface area contributed by atoms with Crippen LogP contribution in [0.4, 0.5) is 0 Å². The van der Waals surface area contributed by atoms with E-state index >= 15 is 0 Å². The van der Waals surface area contributed by atoms with Gasteiger partial charge in [0.1, 0.15) is 11.6 Å². The highest BCUT2D eigenvalue weighted by atomic mass is 16.3. The van der Waals surface area contributed by atoms with Crippen LogP contribution in [0.5, 0.6) is 5.75 Å². The Morgan fingerprint density at radius 3 is 2.00 bits per heavy atom. The van der Waals surface area contributed by atoms with Gasteiger partial charge in [-0.25, -0.2) is 4.98 Å². The number of imidazole rings is 1. The fourth-order valence-corrected chi connectivity index (χ4v) is 5.18. The molecule has 0 spiro atoms. The van der Waals surface area contributed by atoms with Crippen molar-refractivity contribution in [3.05, 3.63) is 132 Å². The molecule has 5 rings (SSSR count). The molecule has 2 N–H and O–H groups in total. The molecule has 0 fully saturated rings. The van der Waals surface area contributed by atoms with Gasteiger partial charge in [-0.1, -0.05) is 110 Å². The van der Waals surface area contributed by atoms with Crippen LogP contribution in [0.2, 0.25) is 0 Å². The summed E-state index contributed by atoms with van der Waals surface area (Å²) in [7, 11) is 0. The van der Waals surface area contributed by atoms with Crippen molar-refractivity contribution in [2.45, 2.75) is 52.6 Å². The molecule has 0 saturated heterocycles. The van der Waals surface area contributed by atoms with E-state index in [1.54, 1.807) is 6.07 Å². The fourth-order valence-electron chi connectivity index (χ4n) is 5.18. The molecule has 0 bridgehead atoms. The second-order valence-corrected chi connectivity index (χ2v) is 10.2. The van der Waals surface area contributed by atoms with Crippen LogP contribution in [0.1, 0.15) is 42.1 Å². The van der Waals surface area contributed by atoms with Crippen LogP contribution >= 0.6 is 0 Å². The molecule has 0 amide bonds. The fraction of sp³-hybridized carbons (Fsp3) is 0.229. The van der Waals surface area contributed by atoms with E-state index in [1.165, 1.54) is 11.3 Å².